The van der Waals surface area contributed by atoms with Gasteiger partial charge in [-0.05, 0) is 30.3 Å². The van der Waals surface area contributed by atoms with Gasteiger partial charge in [-0.15, -0.1) is 0 Å². The van der Waals surface area contributed by atoms with E-state index in [1.54, 1.807) is 0 Å². The SMILES string of the molecule is OBOc1ccc(-n2c3ccccc3c3ccccc32)c2c1oc1ccccc12. The second kappa shape index (κ2) is 6.16. The lowest BCUT2D eigenvalue weighted by Gasteiger charge is -2.11. The largest absolute Gasteiger partial charge is 0.536 e. The van der Waals surface area contributed by atoms with E-state index in [0.717, 1.165) is 33.1 Å². The van der Waals surface area contributed by atoms with E-state index in [4.69, 9.17) is 9.07 Å². The molecule has 0 saturated heterocycles. The fraction of sp³-hybridized carbons (Fsp3) is 0. The molecule has 1 N–H and O–H groups in total. The van der Waals surface area contributed by atoms with Gasteiger partial charge >= 0.3 is 7.69 Å². The maximum absolute atomic E-state index is 9.32. The molecule has 0 radical (unpaired) electrons. The van der Waals surface area contributed by atoms with E-state index < -0.39 is 7.69 Å². The molecular weight excluding hydrogens is 361 g/mol. The molecule has 6 rings (SSSR count). The highest BCUT2D eigenvalue weighted by Crippen LogP contribution is 2.41. The van der Waals surface area contributed by atoms with Crippen LogP contribution >= 0.6 is 0 Å². The van der Waals surface area contributed by atoms with Crippen LogP contribution in [0.15, 0.2) is 89.3 Å². The predicted molar refractivity (Wildman–Crippen MR) is 118 cm³/mol. The van der Waals surface area contributed by atoms with Crippen LogP contribution in [0.4, 0.5) is 0 Å². The van der Waals surface area contributed by atoms with Crippen molar-refractivity contribution in [3.63, 3.8) is 0 Å². The monoisotopic (exact) mass is 377 g/mol. The zero-order chi connectivity index (χ0) is 19.4. The van der Waals surface area contributed by atoms with Crippen LogP contribution in [0.1, 0.15) is 0 Å². The van der Waals surface area contributed by atoms with Crippen LogP contribution < -0.4 is 4.65 Å². The third-order valence-electron chi connectivity index (χ3n) is 5.51. The molecule has 0 fully saturated rings. The summed E-state index contributed by atoms with van der Waals surface area (Å²) >= 11 is 0. The minimum atomic E-state index is -0.402. The van der Waals surface area contributed by atoms with Crippen LogP contribution in [0.2, 0.25) is 0 Å². The molecule has 0 atom stereocenters. The van der Waals surface area contributed by atoms with Gasteiger partial charge in [-0.1, -0.05) is 54.6 Å². The number of nitrogens with zero attached hydrogens (tertiary/aromatic N) is 1. The van der Waals surface area contributed by atoms with Crippen molar-refractivity contribution in [1.29, 1.82) is 0 Å². The highest BCUT2D eigenvalue weighted by molar-refractivity contribution is 6.19. The first-order valence-electron chi connectivity index (χ1n) is 9.53. The highest BCUT2D eigenvalue weighted by Gasteiger charge is 2.19. The third kappa shape index (κ3) is 2.25. The zero-order valence-corrected chi connectivity index (χ0v) is 15.5. The standard InChI is InChI=1S/C24H16BNO3/c27-25-29-22-14-13-20(23-17-9-3-6-12-21(17)28-24(22)23)26-18-10-4-1-7-15(18)16-8-2-5-11-19(16)26/h1-14,25,27H. The number of hydrogen-bond donors (Lipinski definition) is 1. The average molecular weight is 377 g/mol. The second-order valence-corrected chi connectivity index (χ2v) is 7.03. The maximum Gasteiger partial charge on any atom is 0.504 e. The molecule has 0 saturated carbocycles. The topological polar surface area (TPSA) is 47.5 Å². The Bertz CT molecular complexity index is 1480. The van der Waals surface area contributed by atoms with E-state index in [9.17, 15) is 5.02 Å². The summed E-state index contributed by atoms with van der Waals surface area (Å²) in [5.74, 6) is 0.531. The number of benzene rings is 4. The Morgan fingerprint density at radius 2 is 1.34 bits per heavy atom. The lowest BCUT2D eigenvalue weighted by molar-refractivity contribution is 0.451. The van der Waals surface area contributed by atoms with Crippen molar-refractivity contribution in [3.05, 3.63) is 84.9 Å². The van der Waals surface area contributed by atoms with Gasteiger partial charge in [0.2, 0.25) is 0 Å². The summed E-state index contributed by atoms with van der Waals surface area (Å²) in [6.07, 6.45) is 0. The molecule has 6 aromatic rings. The van der Waals surface area contributed by atoms with Crippen LogP contribution in [-0.4, -0.2) is 17.3 Å². The number of aromatic nitrogens is 1. The Balaban J connectivity index is 1.83. The van der Waals surface area contributed by atoms with Crippen molar-refractivity contribution in [3.8, 4) is 11.4 Å². The van der Waals surface area contributed by atoms with Gasteiger partial charge in [-0.25, -0.2) is 0 Å². The molecule has 0 spiro atoms. The van der Waals surface area contributed by atoms with Gasteiger partial charge in [0.25, 0.3) is 0 Å². The Labute approximate surface area is 166 Å². The van der Waals surface area contributed by atoms with Gasteiger partial charge < -0.3 is 18.7 Å². The lowest BCUT2D eigenvalue weighted by Crippen LogP contribution is -2.01. The van der Waals surface area contributed by atoms with Gasteiger partial charge in [-0.3, -0.25) is 0 Å². The molecule has 138 valence electrons. The molecule has 0 aliphatic carbocycles. The molecule has 2 aromatic heterocycles. The van der Waals surface area contributed by atoms with Crippen LogP contribution in [-0.2, 0) is 0 Å². The number of furan rings is 1. The van der Waals surface area contributed by atoms with Crippen molar-refractivity contribution in [2.24, 2.45) is 0 Å². The summed E-state index contributed by atoms with van der Waals surface area (Å²) in [5, 5.41) is 13.7. The van der Waals surface area contributed by atoms with E-state index >= 15 is 0 Å². The van der Waals surface area contributed by atoms with Crippen molar-refractivity contribution in [2.75, 3.05) is 0 Å². The third-order valence-corrected chi connectivity index (χ3v) is 5.51. The fourth-order valence-corrected chi connectivity index (χ4v) is 4.34. The second-order valence-electron chi connectivity index (χ2n) is 7.03. The first-order valence-corrected chi connectivity index (χ1v) is 9.53. The number of para-hydroxylation sites is 3. The summed E-state index contributed by atoms with van der Waals surface area (Å²) in [6.45, 7) is 0. The first kappa shape index (κ1) is 16.3. The summed E-state index contributed by atoms with van der Waals surface area (Å²) in [5.41, 5.74) is 4.72. The summed E-state index contributed by atoms with van der Waals surface area (Å²) in [7, 11) is -0.402. The molecule has 0 bridgehead atoms. The fourth-order valence-electron chi connectivity index (χ4n) is 4.34. The highest BCUT2D eigenvalue weighted by atomic mass is 16.5. The average Bonchev–Trinajstić information content (AvgIpc) is 3.31. The molecule has 4 aromatic carbocycles. The Hall–Kier alpha value is -3.70. The minimum Gasteiger partial charge on any atom is -0.536 e. The lowest BCUT2D eigenvalue weighted by atomic mass is 10.1. The molecule has 2 heterocycles. The number of hydrogen-bond acceptors (Lipinski definition) is 3. The van der Waals surface area contributed by atoms with Crippen molar-refractivity contribution >= 4 is 51.4 Å². The first-order chi connectivity index (χ1) is 14.4. The van der Waals surface area contributed by atoms with Gasteiger partial charge in [-0.2, -0.15) is 0 Å². The molecule has 0 aliphatic rings. The van der Waals surface area contributed by atoms with E-state index in [1.807, 2.05) is 30.3 Å². The summed E-state index contributed by atoms with van der Waals surface area (Å²) in [4.78, 5) is 0. The van der Waals surface area contributed by atoms with E-state index in [2.05, 4.69) is 59.2 Å². The van der Waals surface area contributed by atoms with E-state index in [-0.39, 0.29) is 0 Å². The van der Waals surface area contributed by atoms with Crippen LogP contribution in [0.25, 0.3) is 49.4 Å². The van der Waals surface area contributed by atoms with E-state index in [1.165, 1.54) is 10.8 Å². The van der Waals surface area contributed by atoms with Crippen LogP contribution in [0, 0.1) is 0 Å². The predicted octanol–water partition coefficient (Wildman–Crippen LogP) is 5.32. The van der Waals surface area contributed by atoms with Crippen molar-refractivity contribution < 1.29 is 14.1 Å². The zero-order valence-electron chi connectivity index (χ0n) is 15.5. The molecule has 5 heteroatoms. The maximum atomic E-state index is 9.32. The van der Waals surface area contributed by atoms with Gasteiger partial charge in [0, 0.05) is 16.2 Å². The van der Waals surface area contributed by atoms with Crippen molar-refractivity contribution in [1.82, 2.24) is 4.57 Å². The molecule has 0 unspecified atom stereocenters. The number of fused-ring (bicyclic) bond motifs is 6. The smallest absolute Gasteiger partial charge is 0.504 e. The molecule has 29 heavy (non-hydrogen) atoms. The molecule has 0 amide bonds. The van der Waals surface area contributed by atoms with Gasteiger partial charge in [0.1, 0.15) is 11.3 Å². The molecule has 4 nitrogen and oxygen atoms in total. The van der Waals surface area contributed by atoms with E-state index in [0.29, 0.717) is 11.3 Å². The summed E-state index contributed by atoms with van der Waals surface area (Å²) in [6, 6.07) is 28.7. The molecule has 0 aliphatic heterocycles. The Morgan fingerprint density at radius 3 is 2.03 bits per heavy atom. The Morgan fingerprint density at radius 1 is 0.724 bits per heavy atom. The quantitative estimate of drug-likeness (QED) is 0.425. The van der Waals surface area contributed by atoms with Gasteiger partial charge in [0.05, 0.1) is 22.1 Å². The van der Waals surface area contributed by atoms with Crippen molar-refractivity contribution in [2.45, 2.75) is 0 Å². The number of rotatable bonds is 3. The minimum absolute atomic E-state index is 0.402. The normalized spacial score (nSPS) is 11.6. The molecular formula is C24H16BNO3. The van der Waals surface area contributed by atoms with Crippen LogP contribution in [0.3, 0.4) is 0 Å². The Kier molecular flexibility index (Phi) is 3.46. The van der Waals surface area contributed by atoms with Crippen LogP contribution in [0.5, 0.6) is 5.75 Å². The van der Waals surface area contributed by atoms with Gasteiger partial charge in [0.15, 0.2) is 5.58 Å². The summed E-state index contributed by atoms with van der Waals surface area (Å²) < 4.78 is 13.9.